The molecule has 122 valence electrons. The van der Waals surface area contributed by atoms with E-state index in [0.717, 1.165) is 30.8 Å². The van der Waals surface area contributed by atoms with Gasteiger partial charge in [-0.1, -0.05) is 48.5 Å². The number of aromatic nitrogens is 2. The van der Waals surface area contributed by atoms with Crippen molar-refractivity contribution in [2.75, 3.05) is 5.73 Å². The van der Waals surface area contributed by atoms with Crippen molar-refractivity contribution in [1.29, 1.82) is 0 Å². The molecule has 0 bridgehead atoms. The van der Waals surface area contributed by atoms with Crippen LogP contribution in [0.25, 0.3) is 0 Å². The Morgan fingerprint density at radius 1 is 0.958 bits per heavy atom. The van der Waals surface area contributed by atoms with Gasteiger partial charge in [-0.25, -0.2) is 0 Å². The van der Waals surface area contributed by atoms with E-state index in [9.17, 15) is 0 Å². The minimum absolute atomic E-state index is 0.224. The van der Waals surface area contributed by atoms with Gasteiger partial charge in [-0.2, -0.15) is 5.10 Å². The van der Waals surface area contributed by atoms with Crippen LogP contribution in [-0.2, 0) is 11.8 Å². The van der Waals surface area contributed by atoms with Gasteiger partial charge in [-0.3, -0.25) is 5.10 Å². The van der Waals surface area contributed by atoms with Crippen LogP contribution in [0.4, 0.5) is 5.82 Å². The zero-order valence-corrected chi connectivity index (χ0v) is 14.3. The van der Waals surface area contributed by atoms with Gasteiger partial charge in [-0.05, 0) is 55.4 Å². The minimum Gasteiger partial charge on any atom is -0.384 e. The second kappa shape index (κ2) is 5.52. The topological polar surface area (TPSA) is 54.7 Å². The van der Waals surface area contributed by atoms with Crippen LogP contribution in [0.15, 0.2) is 48.5 Å². The zero-order valence-electron chi connectivity index (χ0n) is 14.3. The lowest BCUT2D eigenvalue weighted by Gasteiger charge is -2.39. The van der Waals surface area contributed by atoms with Crippen molar-refractivity contribution in [3.8, 4) is 0 Å². The number of benzene rings is 2. The number of fused-ring (bicyclic) bond motifs is 1. The Labute approximate surface area is 142 Å². The van der Waals surface area contributed by atoms with Gasteiger partial charge in [0.25, 0.3) is 0 Å². The number of aryl methyl sites for hydroxylation is 2. The molecule has 1 aliphatic rings. The summed E-state index contributed by atoms with van der Waals surface area (Å²) in [5.74, 6) is 0.719. The van der Waals surface area contributed by atoms with E-state index in [1.165, 1.54) is 27.8 Å². The predicted octanol–water partition coefficient (Wildman–Crippen LogP) is 4.28. The third-order valence-corrected chi connectivity index (χ3v) is 5.49. The van der Waals surface area contributed by atoms with Gasteiger partial charge in [0.2, 0.25) is 0 Å². The zero-order chi connectivity index (χ0) is 16.7. The summed E-state index contributed by atoms with van der Waals surface area (Å²) in [4.78, 5) is 0. The van der Waals surface area contributed by atoms with Crippen LogP contribution in [0.3, 0.4) is 0 Å². The first kappa shape index (κ1) is 15.0. The standard InChI is InChI=1S/C21H23N3/c1-14-8-3-5-11-17(14)21(18-12-6-4-9-15(18)2)13-7-10-16-19(21)23-24-20(16)22/h3-6,8-9,11-12H,7,10,13H2,1-2H3,(H3,22,23,24). The molecular formula is C21H23N3. The SMILES string of the molecule is Cc1ccccc1C1(c2ccccc2C)CCCc2c1n[nH]c2N. The summed E-state index contributed by atoms with van der Waals surface area (Å²) < 4.78 is 0. The molecule has 4 rings (SSSR count). The minimum atomic E-state index is -0.224. The lowest BCUT2D eigenvalue weighted by atomic mass is 9.63. The molecule has 0 saturated heterocycles. The van der Waals surface area contributed by atoms with Crippen LogP contribution in [0.1, 0.15) is 46.4 Å². The largest absolute Gasteiger partial charge is 0.384 e. The number of rotatable bonds is 2. The number of nitrogens with one attached hydrogen (secondary N) is 1. The normalized spacial score (nSPS) is 15.9. The first-order chi connectivity index (χ1) is 11.6. The van der Waals surface area contributed by atoms with Crippen molar-refractivity contribution in [1.82, 2.24) is 10.2 Å². The number of hydrogen-bond acceptors (Lipinski definition) is 2. The molecular weight excluding hydrogens is 294 g/mol. The number of H-pyrrole nitrogens is 1. The monoisotopic (exact) mass is 317 g/mol. The van der Waals surface area contributed by atoms with E-state index in [2.05, 4.69) is 67.5 Å². The van der Waals surface area contributed by atoms with Gasteiger partial charge >= 0.3 is 0 Å². The molecule has 0 fully saturated rings. The molecule has 2 aromatic carbocycles. The Morgan fingerprint density at radius 3 is 2.12 bits per heavy atom. The molecule has 0 amide bonds. The van der Waals surface area contributed by atoms with E-state index in [1.54, 1.807) is 0 Å². The fourth-order valence-electron chi connectivity index (χ4n) is 4.41. The maximum absolute atomic E-state index is 6.20. The number of hydrogen-bond donors (Lipinski definition) is 2. The fourth-order valence-corrected chi connectivity index (χ4v) is 4.41. The highest BCUT2D eigenvalue weighted by Crippen LogP contribution is 2.49. The van der Waals surface area contributed by atoms with E-state index in [-0.39, 0.29) is 5.41 Å². The van der Waals surface area contributed by atoms with Crippen LogP contribution in [0.2, 0.25) is 0 Å². The van der Waals surface area contributed by atoms with Crippen molar-refractivity contribution in [3.63, 3.8) is 0 Å². The van der Waals surface area contributed by atoms with Gasteiger partial charge in [-0.15, -0.1) is 0 Å². The van der Waals surface area contributed by atoms with Crippen LogP contribution in [0.5, 0.6) is 0 Å². The Kier molecular flexibility index (Phi) is 3.45. The molecule has 1 heterocycles. The molecule has 0 unspecified atom stereocenters. The highest BCUT2D eigenvalue weighted by atomic mass is 15.2. The van der Waals surface area contributed by atoms with Crippen LogP contribution in [-0.4, -0.2) is 10.2 Å². The summed E-state index contributed by atoms with van der Waals surface area (Å²) in [6.45, 7) is 4.39. The van der Waals surface area contributed by atoms with E-state index < -0.39 is 0 Å². The van der Waals surface area contributed by atoms with E-state index >= 15 is 0 Å². The van der Waals surface area contributed by atoms with Gasteiger partial charge in [0.1, 0.15) is 5.82 Å². The third-order valence-electron chi connectivity index (χ3n) is 5.49. The molecule has 3 nitrogen and oxygen atoms in total. The maximum atomic E-state index is 6.20. The maximum Gasteiger partial charge on any atom is 0.122 e. The molecule has 0 spiro atoms. The molecule has 1 aromatic heterocycles. The average molecular weight is 317 g/mol. The smallest absolute Gasteiger partial charge is 0.122 e. The molecule has 3 aromatic rings. The average Bonchev–Trinajstić information content (AvgIpc) is 2.98. The summed E-state index contributed by atoms with van der Waals surface area (Å²) in [6.07, 6.45) is 3.16. The van der Waals surface area contributed by atoms with Crippen LogP contribution in [0, 0.1) is 13.8 Å². The fraction of sp³-hybridized carbons (Fsp3) is 0.286. The molecule has 24 heavy (non-hydrogen) atoms. The van der Waals surface area contributed by atoms with E-state index in [4.69, 9.17) is 10.8 Å². The summed E-state index contributed by atoms with van der Waals surface area (Å²) in [6, 6.07) is 17.4. The quantitative estimate of drug-likeness (QED) is 0.741. The summed E-state index contributed by atoms with van der Waals surface area (Å²) in [5.41, 5.74) is 13.5. The molecule has 3 heteroatoms. The van der Waals surface area contributed by atoms with E-state index in [0.29, 0.717) is 0 Å². The summed E-state index contributed by atoms with van der Waals surface area (Å²) in [7, 11) is 0. The number of nitrogen functional groups attached to an aromatic ring is 1. The second-order valence-corrected chi connectivity index (χ2v) is 6.85. The highest BCUT2D eigenvalue weighted by Gasteiger charge is 2.44. The molecule has 0 saturated carbocycles. The van der Waals surface area contributed by atoms with Crippen molar-refractivity contribution >= 4 is 5.82 Å². The van der Waals surface area contributed by atoms with Crippen LogP contribution < -0.4 is 5.73 Å². The third kappa shape index (κ3) is 2.01. The van der Waals surface area contributed by atoms with Crippen molar-refractivity contribution in [3.05, 3.63) is 82.0 Å². The molecule has 0 radical (unpaired) electrons. The van der Waals surface area contributed by atoms with Crippen molar-refractivity contribution in [2.24, 2.45) is 0 Å². The number of anilines is 1. The summed E-state index contributed by atoms with van der Waals surface area (Å²) >= 11 is 0. The second-order valence-electron chi connectivity index (χ2n) is 6.85. The molecule has 1 aliphatic carbocycles. The van der Waals surface area contributed by atoms with Gasteiger partial charge in [0.15, 0.2) is 0 Å². The Balaban J connectivity index is 2.10. The van der Waals surface area contributed by atoms with Crippen molar-refractivity contribution < 1.29 is 0 Å². The van der Waals surface area contributed by atoms with Gasteiger partial charge < -0.3 is 5.73 Å². The van der Waals surface area contributed by atoms with Crippen LogP contribution >= 0.6 is 0 Å². The molecule has 0 aliphatic heterocycles. The number of aromatic amines is 1. The van der Waals surface area contributed by atoms with Crippen molar-refractivity contribution in [2.45, 2.75) is 38.5 Å². The number of nitrogens with two attached hydrogens (primary N) is 1. The molecule has 0 atom stereocenters. The van der Waals surface area contributed by atoms with Gasteiger partial charge in [0.05, 0.1) is 11.1 Å². The predicted molar refractivity (Wildman–Crippen MR) is 98.2 cm³/mol. The Hall–Kier alpha value is -2.55. The first-order valence-corrected chi connectivity index (χ1v) is 8.60. The summed E-state index contributed by atoms with van der Waals surface area (Å²) in [5, 5.41) is 7.73. The van der Waals surface area contributed by atoms with Gasteiger partial charge in [0, 0.05) is 5.56 Å². The Morgan fingerprint density at radius 2 is 1.54 bits per heavy atom. The lowest BCUT2D eigenvalue weighted by Crippen LogP contribution is -2.35. The Bertz CT molecular complexity index is 846. The number of nitrogens with zero attached hydrogens (tertiary/aromatic N) is 1. The molecule has 3 N–H and O–H groups in total. The lowest BCUT2D eigenvalue weighted by molar-refractivity contribution is 0.482. The first-order valence-electron chi connectivity index (χ1n) is 8.60. The highest BCUT2D eigenvalue weighted by molar-refractivity contribution is 5.59. The van der Waals surface area contributed by atoms with E-state index in [1.807, 2.05) is 0 Å².